The van der Waals surface area contributed by atoms with Crippen LogP contribution in [0.15, 0.2) is 53.3 Å². The molecular weight excluding hydrogens is 350 g/mol. The number of nitrogens with zero attached hydrogens (tertiary/aromatic N) is 2. The minimum Gasteiger partial charge on any atom is -0.349 e. The van der Waals surface area contributed by atoms with Gasteiger partial charge in [0.2, 0.25) is 5.91 Å². The molecule has 1 heterocycles. The van der Waals surface area contributed by atoms with Gasteiger partial charge in [0.05, 0.1) is 17.1 Å². The molecule has 0 aliphatic rings. The predicted octanol–water partition coefficient (Wildman–Crippen LogP) is 3.65. The summed E-state index contributed by atoms with van der Waals surface area (Å²) in [7, 11) is 1.74. The van der Waals surface area contributed by atoms with Crippen LogP contribution < -0.4 is 11.0 Å². The highest BCUT2D eigenvalue weighted by Crippen LogP contribution is 2.19. The summed E-state index contributed by atoms with van der Waals surface area (Å²) in [5.74, 6) is -0.0772. The molecule has 0 spiro atoms. The van der Waals surface area contributed by atoms with Crippen molar-refractivity contribution >= 4 is 28.5 Å². The summed E-state index contributed by atoms with van der Waals surface area (Å²) in [5.41, 5.74) is 2.62. The Bertz CT molecular complexity index is 973. The number of halogens is 1. The van der Waals surface area contributed by atoms with Gasteiger partial charge in [-0.1, -0.05) is 42.8 Å². The summed E-state index contributed by atoms with van der Waals surface area (Å²) < 4.78 is 3.26. The molecule has 1 aromatic heterocycles. The molecule has 0 aliphatic heterocycles. The molecule has 1 amide bonds. The monoisotopic (exact) mass is 371 g/mol. The number of benzene rings is 2. The van der Waals surface area contributed by atoms with Crippen LogP contribution in [-0.2, 0) is 18.4 Å². The van der Waals surface area contributed by atoms with Gasteiger partial charge in [0, 0.05) is 25.0 Å². The molecule has 6 heteroatoms. The van der Waals surface area contributed by atoms with E-state index >= 15 is 0 Å². The zero-order valence-corrected chi connectivity index (χ0v) is 15.7. The number of fused-ring (bicyclic) bond motifs is 1. The van der Waals surface area contributed by atoms with E-state index in [0.717, 1.165) is 23.0 Å². The number of nitrogens with one attached hydrogen (secondary N) is 1. The lowest BCUT2D eigenvalue weighted by molar-refractivity contribution is -0.122. The van der Waals surface area contributed by atoms with Crippen molar-refractivity contribution in [1.29, 1.82) is 0 Å². The first-order chi connectivity index (χ1) is 12.5. The van der Waals surface area contributed by atoms with Gasteiger partial charge in [-0.2, -0.15) is 0 Å². The van der Waals surface area contributed by atoms with Crippen LogP contribution in [0.1, 0.15) is 31.4 Å². The molecule has 0 saturated carbocycles. The molecular formula is C20H22ClN3O2. The molecule has 3 aromatic rings. The van der Waals surface area contributed by atoms with E-state index in [9.17, 15) is 9.59 Å². The van der Waals surface area contributed by atoms with E-state index in [0.29, 0.717) is 11.6 Å². The normalized spacial score (nSPS) is 12.3. The molecule has 0 aliphatic carbocycles. The van der Waals surface area contributed by atoms with Crippen molar-refractivity contribution in [3.05, 3.63) is 69.6 Å². The molecule has 0 fully saturated rings. The third kappa shape index (κ3) is 3.68. The van der Waals surface area contributed by atoms with Crippen molar-refractivity contribution in [1.82, 2.24) is 14.5 Å². The van der Waals surface area contributed by atoms with Gasteiger partial charge in [-0.05, 0) is 36.2 Å². The highest BCUT2D eigenvalue weighted by atomic mass is 35.5. The fraction of sp³-hybridized carbons (Fsp3) is 0.300. The third-order valence-electron chi connectivity index (χ3n) is 4.63. The number of amides is 1. The molecule has 0 bridgehead atoms. The molecule has 1 atom stereocenters. The third-order valence-corrected chi connectivity index (χ3v) is 4.88. The fourth-order valence-corrected chi connectivity index (χ4v) is 3.30. The zero-order valence-electron chi connectivity index (χ0n) is 14.9. The van der Waals surface area contributed by atoms with Gasteiger partial charge in [0.15, 0.2) is 0 Å². The standard InChI is InChI=1S/C20H22ClN3O2/c1-3-16(14-8-10-15(21)11-9-14)22-19(25)12-13-24-18-7-5-4-6-17(18)23(2)20(24)26/h4-11,16H,3,12-13H2,1-2H3,(H,22,25). The lowest BCUT2D eigenvalue weighted by Crippen LogP contribution is -2.30. The smallest absolute Gasteiger partial charge is 0.328 e. The van der Waals surface area contributed by atoms with Crippen molar-refractivity contribution in [2.24, 2.45) is 7.05 Å². The van der Waals surface area contributed by atoms with Crippen molar-refractivity contribution in [2.45, 2.75) is 32.4 Å². The summed E-state index contributed by atoms with van der Waals surface area (Å²) in [4.78, 5) is 24.8. The van der Waals surface area contributed by atoms with Crippen LogP contribution in [0, 0.1) is 0 Å². The van der Waals surface area contributed by atoms with Gasteiger partial charge in [-0.25, -0.2) is 4.79 Å². The maximum absolute atomic E-state index is 12.4. The molecule has 2 aromatic carbocycles. The Morgan fingerprint density at radius 2 is 1.77 bits per heavy atom. The first kappa shape index (κ1) is 18.3. The maximum Gasteiger partial charge on any atom is 0.328 e. The second-order valence-electron chi connectivity index (χ2n) is 6.31. The number of carbonyl (C=O) groups excluding carboxylic acids is 1. The zero-order chi connectivity index (χ0) is 18.7. The maximum atomic E-state index is 12.4. The Hall–Kier alpha value is -2.53. The van der Waals surface area contributed by atoms with Crippen LogP contribution in [0.2, 0.25) is 5.02 Å². The van der Waals surface area contributed by atoms with Crippen LogP contribution in [0.25, 0.3) is 11.0 Å². The lowest BCUT2D eigenvalue weighted by Gasteiger charge is -2.17. The lowest BCUT2D eigenvalue weighted by atomic mass is 10.0. The van der Waals surface area contributed by atoms with Gasteiger partial charge in [-0.3, -0.25) is 13.9 Å². The molecule has 5 nitrogen and oxygen atoms in total. The summed E-state index contributed by atoms with van der Waals surface area (Å²) in [6.45, 7) is 2.37. The number of rotatable bonds is 6. The largest absolute Gasteiger partial charge is 0.349 e. The number of para-hydroxylation sites is 2. The van der Waals surface area contributed by atoms with Crippen LogP contribution >= 0.6 is 11.6 Å². The molecule has 26 heavy (non-hydrogen) atoms. The van der Waals surface area contributed by atoms with Crippen molar-refractivity contribution in [2.75, 3.05) is 0 Å². The van der Waals surface area contributed by atoms with Crippen LogP contribution in [0.5, 0.6) is 0 Å². The highest BCUT2D eigenvalue weighted by Gasteiger charge is 2.15. The number of carbonyl (C=O) groups is 1. The fourth-order valence-electron chi connectivity index (χ4n) is 3.18. The van der Waals surface area contributed by atoms with E-state index < -0.39 is 0 Å². The SMILES string of the molecule is CCC(NC(=O)CCn1c(=O)n(C)c2ccccc21)c1ccc(Cl)cc1. The minimum absolute atomic E-state index is 0.0657. The molecule has 1 unspecified atom stereocenters. The summed E-state index contributed by atoms with van der Waals surface area (Å²) in [6.07, 6.45) is 1.03. The van der Waals surface area contributed by atoms with E-state index in [4.69, 9.17) is 11.6 Å². The van der Waals surface area contributed by atoms with Gasteiger partial charge in [0.1, 0.15) is 0 Å². The van der Waals surface area contributed by atoms with Crippen LogP contribution in [0.4, 0.5) is 0 Å². The summed E-state index contributed by atoms with van der Waals surface area (Å²) >= 11 is 5.93. The Morgan fingerprint density at radius 1 is 1.12 bits per heavy atom. The number of aryl methyl sites for hydroxylation is 2. The minimum atomic E-state index is -0.108. The molecule has 0 saturated heterocycles. The number of hydrogen-bond acceptors (Lipinski definition) is 2. The molecule has 3 rings (SSSR count). The van der Waals surface area contributed by atoms with E-state index in [1.165, 1.54) is 0 Å². The summed E-state index contributed by atoms with van der Waals surface area (Å²) in [5, 5.41) is 3.71. The Balaban J connectivity index is 1.70. The highest BCUT2D eigenvalue weighted by molar-refractivity contribution is 6.30. The Kier molecular flexibility index (Phi) is 5.47. The Labute approximate surface area is 157 Å². The van der Waals surface area contributed by atoms with E-state index in [1.54, 1.807) is 16.2 Å². The van der Waals surface area contributed by atoms with Gasteiger partial charge in [-0.15, -0.1) is 0 Å². The van der Waals surface area contributed by atoms with Crippen molar-refractivity contribution < 1.29 is 4.79 Å². The van der Waals surface area contributed by atoms with Gasteiger partial charge >= 0.3 is 5.69 Å². The van der Waals surface area contributed by atoms with Crippen LogP contribution in [0.3, 0.4) is 0 Å². The molecule has 136 valence electrons. The van der Waals surface area contributed by atoms with E-state index in [2.05, 4.69) is 5.32 Å². The van der Waals surface area contributed by atoms with Gasteiger partial charge in [0.25, 0.3) is 0 Å². The molecule has 1 N–H and O–H groups in total. The van der Waals surface area contributed by atoms with Crippen molar-refractivity contribution in [3.63, 3.8) is 0 Å². The van der Waals surface area contributed by atoms with Crippen LogP contribution in [-0.4, -0.2) is 15.0 Å². The first-order valence-electron chi connectivity index (χ1n) is 8.70. The average Bonchev–Trinajstić information content (AvgIpc) is 2.90. The molecule has 0 radical (unpaired) electrons. The van der Waals surface area contributed by atoms with Gasteiger partial charge < -0.3 is 5.32 Å². The van der Waals surface area contributed by atoms with E-state index in [-0.39, 0.29) is 24.1 Å². The number of imidazole rings is 1. The predicted molar refractivity (Wildman–Crippen MR) is 104 cm³/mol. The van der Waals surface area contributed by atoms with E-state index in [1.807, 2.05) is 55.5 Å². The average molecular weight is 372 g/mol. The topological polar surface area (TPSA) is 56.0 Å². The summed E-state index contributed by atoms with van der Waals surface area (Å²) in [6, 6.07) is 15.0. The first-order valence-corrected chi connectivity index (χ1v) is 9.08. The second kappa shape index (κ2) is 7.79. The van der Waals surface area contributed by atoms with Crippen molar-refractivity contribution in [3.8, 4) is 0 Å². The quantitative estimate of drug-likeness (QED) is 0.719. The Morgan fingerprint density at radius 3 is 2.42 bits per heavy atom. The second-order valence-corrected chi connectivity index (χ2v) is 6.75. The number of hydrogen-bond donors (Lipinski definition) is 1. The number of aromatic nitrogens is 2.